The van der Waals surface area contributed by atoms with E-state index in [1.807, 2.05) is 6.08 Å². The van der Waals surface area contributed by atoms with E-state index in [0.29, 0.717) is 11.2 Å². The van der Waals surface area contributed by atoms with Gasteiger partial charge in [-0.25, -0.2) is 0 Å². The molecule has 6 atom stereocenters. The fourth-order valence-electron chi connectivity index (χ4n) is 7.06. The van der Waals surface area contributed by atoms with Crippen molar-refractivity contribution in [1.29, 1.82) is 0 Å². The van der Waals surface area contributed by atoms with Crippen molar-refractivity contribution in [3.8, 4) is 12.3 Å². The molecule has 124 valence electrons. The quantitative estimate of drug-likeness (QED) is 0.565. The number of hydrogen-bond acceptors (Lipinski definition) is 1. The molecule has 4 aliphatic carbocycles. The average molecular weight is 310 g/mol. The normalized spacial score (nSPS) is 52.0. The molecular weight excluding hydrogens is 280 g/mol. The van der Waals surface area contributed by atoms with Gasteiger partial charge in [0.1, 0.15) is 0 Å². The van der Waals surface area contributed by atoms with E-state index in [0.717, 1.165) is 37.0 Å². The van der Waals surface area contributed by atoms with Crippen LogP contribution in [-0.2, 0) is 4.79 Å². The number of carbonyl (C=O) groups excluding carboxylic acids is 1. The summed E-state index contributed by atoms with van der Waals surface area (Å²) in [5.74, 6) is 5.93. The lowest BCUT2D eigenvalue weighted by Crippen LogP contribution is -2.51. The summed E-state index contributed by atoms with van der Waals surface area (Å²) in [5, 5.41) is 0. The lowest BCUT2D eigenvalue weighted by Gasteiger charge is -2.59. The third kappa shape index (κ3) is 1.84. The van der Waals surface area contributed by atoms with Crippen LogP contribution in [0.1, 0.15) is 72.1 Å². The Morgan fingerprint density at radius 1 is 1.04 bits per heavy atom. The number of carbonyl (C=O) groups is 1. The zero-order valence-corrected chi connectivity index (χ0v) is 15.0. The van der Waals surface area contributed by atoms with Gasteiger partial charge in [-0.3, -0.25) is 4.79 Å². The van der Waals surface area contributed by atoms with Crippen molar-refractivity contribution in [2.45, 2.75) is 72.1 Å². The first-order valence-electron chi connectivity index (χ1n) is 9.56. The van der Waals surface area contributed by atoms with Gasteiger partial charge in [-0.2, -0.15) is 0 Å². The molecule has 0 aromatic heterocycles. The molecule has 3 fully saturated rings. The zero-order chi connectivity index (χ0) is 16.5. The van der Waals surface area contributed by atoms with Gasteiger partial charge >= 0.3 is 0 Å². The number of allylic oxidation sites excluding steroid dienone is 1. The van der Waals surface area contributed by atoms with Crippen LogP contribution in [0.5, 0.6) is 0 Å². The molecular formula is C22H30O. The molecule has 0 N–H and O–H groups in total. The second-order valence-electron chi connectivity index (χ2n) is 9.44. The molecule has 0 aromatic rings. The summed E-state index contributed by atoms with van der Waals surface area (Å²) in [6.45, 7) is 7.28. The van der Waals surface area contributed by atoms with Gasteiger partial charge in [-0.15, -0.1) is 6.42 Å². The van der Waals surface area contributed by atoms with Gasteiger partial charge in [-0.05, 0) is 86.5 Å². The lowest BCUT2D eigenvalue weighted by molar-refractivity contribution is -0.117. The number of terminal acetylenes is 1. The molecule has 1 nitrogen and oxygen atoms in total. The van der Waals surface area contributed by atoms with Gasteiger partial charge in [0.2, 0.25) is 0 Å². The smallest absolute Gasteiger partial charge is 0.155 e. The predicted octanol–water partition coefficient (Wildman–Crippen LogP) is 5.16. The molecule has 0 amide bonds. The third-order valence-corrected chi connectivity index (χ3v) is 8.89. The molecule has 0 bridgehead atoms. The molecule has 4 rings (SSSR count). The molecule has 0 spiro atoms. The van der Waals surface area contributed by atoms with Crippen LogP contribution in [0.2, 0.25) is 0 Å². The van der Waals surface area contributed by atoms with E-state index in [1.165, 1.54) is 37.7 Å². The van der Waals surface area contributed by atoms with E-state index in [4.69, 9.17) is 6.42 Å². The van der Waals surface area contributed by atoms with Gasteiger partial charge in [0, 0.05) is 11.8 Å². The lowest BCUT2D eigenvalue weighted by atomic mass is 9.45. The van der Waals surface area contributed by atoms with Gasteiger partial charge in [0.15, 0.2) is 5.78 Å². The molecule has 0 radical (unpaired) electrons. The number of rotatable bonds is 0. The summed E-state index contributed by atoms with van der Waals surface area (Å²) in [7, 11) is 0. The first-order chi connectivity index (χ1) is 10.8. The van der Waals surface area contributed by atoms with Crippen molar-refractivity contribution in [1.82, 2.24) is 0 Å². The highest BCUT2D eigenvalue weighted by Crippen LogP contribution is 2.69. The van der Waals surface area contributed by atoms with E-state index in [-0.39, 0.29) is 10.8 Å². The van der Waals surface area contributed by atoms with E-state index < -0.39 is 0 Å². The van der Waals surface area contributed by atoms with Crippen LogP contribution in [0.4, 0.5) is 0 Å². The maximum atomic E-state index is 11.9. The highest BCUT2D eigenvalue weighted by Gasteiger charge is 2.62. The van der Waals surface area contributed by atoms with Crippen LogP contribution in [0.25, 0.3) is 0 Å². The van der Waals surface area contributed by atoms with E-state index in [9.17, 15) is 4.79 Å². The summed E-state index contributed by atoms with van der Waals surface area (Å²) in [6.07, 6.45) is 17.3. The maximum absolute atomic E-state index is 11.9. The van der Waals surface area contributed by atoms with E-state index >= 15 is 0 Å². The van der Waals surface area contributed by atoms with Crippen molar-refractivity contribution < 1.29 is 4.79 Å². The Labute approximate surface area is 141 Å². The average Bonchev–Trinajstić information content (AvgIpc) is 2.80. The fourth-order valence-corrected chi connectivity index (χ4v) is 7.06. The molecule has 0 saturated heterocycles. The minimum atomic E-state index is 0.0855. The Balaban J connectivity index is 1.70. The molecule has 0 aliphatic heterocycles. The molecule has 0 heterocycles. The van der Waals surface area contributed by atoms with E-state index in [2.05, 4.69) is 26.7 Å². The van der Waals surface area contributed by atoms with Crippen LogP contribution in [0.15, 0.2) is 11.6 Å². The summed E-state index contributed by atoms with van der Waals surface area (Å²) in [6, 6.07) is 0. The standard InChI is InChI=1S/C22H30O/c1-5-20(2)11-9-19-17-7-6-15-14-16(23)8-12-21(15,3)18(17)10-13-22(19,20)4/h1,14,17-19H,6-13H2,2-4H3/t17?,18-,19-,20?,21-,22-/m0/s1. The fraction of sp³-hybridized carbons (Fsp3) is 0.773. The Bertz CT molecular complexity index is 622. The molecule has 23 heavy (non-hydrogen) atoms. The molecule has 2 unspecified atom stereocenters. The highest BCUT2D eigenvalue weighted by molar-refractivity contribution is 5.91. The molecule has 1 heteroatoms. The monoisotopic (exact) mass is 310 g/mol. The van der Waals surface area contributed by atoms with Crippen molar-refractivity contribution in [3.63, 3.8) is 0 Å². The van der Waals surface area contributed by atoms with Crippen molar-refractivity contribution in [3.05, 3.63) is 11.6 Å². The van der Waals surface area contributed by atoms with Crippen LogP contribution in [-0.4, -0.2) is 5.78 Å². The Morgan fingerprint density at radius 2 is 1.78 bits per heavy atom. The van der Waals surface area contributed by atoms with Gasteiger partial charge in [-0.1, -0.05) is 25.3 Å². The van der Waals surface area contributed by atoms with Crippen LogP contribution in [0.3, 0.4) is 0 Å². The molecule has 0 aromatic carbocycles. The number of fused-ring (bicyclic) bond motifs is 5. The van der Waals surface area contributed by atoms with Gasteiger partial charge in [0.05, 0.1) is 0 Å². The van der Waals surface area contributed by atoms with Gasteiger partial charge in [0.25, 0.3) is 0 Å². The maximum Gasteiger partial charge on any atom is 0.155 e. The van der Waals surface area contributed by atoms with Crippen molar-refractivity contribution in [2.24, 2.45) is 34.0 Å². The Morgan fingerprint density at radius 3 is 2.52 bits per heavy atom. The SMILES string of the molecule is C#CC1(C)CC[C@H]2C3CCC4=CC(=O)CC[C@]4(C)[C@H]3CC[C@@]21C. The van der Waals surface area contributed by atoms with Gasteiger partial charge < -0.3 is 0 Å². The Kier molecular flexibility index (Phi) is 3.20. The van der Waals surface area contributed by atoms with Crippen molar-refractivity contribution in [2.75, 3.05) is 0 Å². The minimum absolute atomic E-state index is 0.0855. The number of ketones is 1. The zero-order valence-electron chi connectivity index (χ0n) is 15.0. The minimum Gasteiger partial charge on any atom is -0.295 e. The summed E-state index contributed by atoms with van der Waals surface area (Å²) in [4.78, 5) is 11.9. The largest absolute Gasteiger partial charge is 0.295 e. The second kappa shape index (κ2) is 4.75. The summed E-state index contributed by atoms with van der Waals surface area (Å²) < 4.78 is 0. The first kappa shape index (κ1) is 15.5. The summed E-state index contributed by atoms with van der Waals surface area (Å²) in [5.41, 5.74) is 2.16. The Hall–Kier alpha value is -1.03. The van der Waals surface area contributed by atoms with Crippen molar-refractivity contribution >= 4 is 5.78 Å². The van der Waals surface area contributed by atoms with Crippen LogP contribution < -0.4 is 0 Å². The molecule has 4 aliphatic rings. The third-order valence-electron chi connectivity index (χ3n) is 8.89. The van der Waals surface area contributed by atoms with Crippen LogP contribution >= 0.6 is 0 Å². The molecule has 3 saturated carbocycles. The summed E-state index contributed by atoms with van der Waals surface area (Å²) >= 11 is 0. The van der Waals surface area contributed by atoms with E-state index in [1.54, 1.807) is 0 Å². The number of hydrogen-bond donors (Lipinski definition) is 0. The first-order valence-corrected chi connectivity index (χ1v) is 9.56. The second-order valence-corrected chi connectivity index (χ2v) is 9.44. The highest BCUT2D eigenvalue weighted by atomic mass is 16.1. The topological polar surface area (TPSA) is 17.1 Å². The van der Waals surface area contributed by atoms with Crippen LogP contribution in [0, 0.1) is 46.3 Å². The predicted molar refractivity (Wildman–Crippen MR) is 93.7 cm³/mol.